The van der Waals surface area contributed by atoms with Crippen molar-refractivity contribution in [2.75, 3.05) is 39.3 Å². The molecule has 4 rings (SSSR count). The van der Waals surface area contributed by atoms with Gasteiger partial charge < -0.3 is 19.4 Å². The van der Waals surface area contributed by atoms with Crippen LogP contribution >= 0.6 is 0 Å². The SMILES string of the molecule is O=C(CCOc1ccccc1)N1CCN(C(=O)C2CC(=O)N(C3CC3)C2)CC1. The largest absolute Gasteiger partial charge is 0.493 e. The van der Waals surface area contributed by atoms with Crippen molar-refractivity contribution in [3.8, 4) is 5.75 Å². The number of carbonyl (C=O) groups is 3. The van der Waals surface area contributed by atoms with E-state index in [1.54, 1.807) is 4.90 Å². The van der Waals surface area contributed by atoms with E-state index in [2.05, 4.69) is 0 Å². The molecule has 1 saturated carbocycles. The molecular weight excluding hydrogens is 358 g/mol. The Morgan fingerprint density at radius 2 is 1.68 bits per heavy atom. The second kappa shape index (κ2) is 8.20. The van der Waals surface area contributed by atoms with Crippen molar-refractivity contribution in [1.82, 2.24) is 14.7 Å². The highest BCUT2D eigenvalue weighted by Gasteiger charge is 2.43. The molecule has 7 heteroatoms. The molecule has 1 aromatic rings. The number of carbonyl (C=O) groups excluding carboxylic acids is 3. The maximum Gasteiger partial charge on any atom is 0.228 e. The van der Waals surface area contributed by atoms with Crippen LogP contribution in [0.25, 0.3) is 0 Å². The van der Waals surface area contributed by atoms with Gasteiger partial charge in [0.25, 0.3) is 0 Å². The van der Waals surface area contributed by atoms with E-state index < -0.39 is 0 Å². The van der Waals surface area contributed by atoms with Crippen LogP contribution in [0, 0.1) is 5.92 Å². The lowest BCUT2D eigenvalue weighted by molar-refractivity contribution is -0.142. The lowest BCUT2D eigenvalue weighted by Crippen LogP contribution is -2.52. The van der Waals surface area contributed by atoms with Gasteiger partial charge in [0.05, 0.1) is 18.9 Å². The van der Waals surface area contributed by atoms with Gasteiger partial charge in [0, 0.05) is 45.2 Å². The number of amides is 3. The van der Waals surface area contributed by atoms with Crippen LogP contribution in [0.2, 0.25) is 0 Å². The topological polar surface area (TPSA) is 70.2 Å². The highest BCUT2D eigenvalue weighted by atomic mass is 16.5. The van der Waals surface area contributed by atoms with E-state index in [0.29, 0.717) is 58.2 Å². The highest BCUT2D eigenvalue weighted by Crippen LogP contribution is 2.33. The Hall–Kier alpha value is -2.57. The fourth-order valence-electron chi connectivity index (χ4n) is 4.00. The average molecular weight is 385 g/mol. The van der Waals surface area contributed by atoms with Crippen molar-refractivity contribution in [1.29, 1.82) is 0 Å². The molecule has 3 aliphatic rings. The molecular formula is C21H27N3O4. The van der Waals surface area contributed by atoms with Crippen LogP contribution in [0.15, 0.2) is 30.3 Å². The molecule has 0 aromatic heterocycles. The summed E-state index contributed by atoms with van der Waals surface area (Å²) in [4.78, 5) is 42.7. The van der Waals surface area contributed by atoms with E-state index >= 15 is 0 Å². The standard InChI is InChI=1S/C21H27N3O4/c25-19(8-13-28-18-4-2-1-3-5-18)22-9-11-23(12-10-22)21(27)16-14-20(26)24(15-16)17-6-7-17/h1-5,16-17H,6-15H2. The number of hydrogen-bond acceptors (Lipinski definition) is 4. The van der Waals surface area contributed by atoms with Crippen molar-refractivity contribution in [2.24, 2.45) is 5.92 Å². The van der Waals surface area contributed by atoms with E-state index in [4.69, 9.17) is 4.74 Å². The zero-order valence-electron chi connectivity index (χ0n) is 16.1. The molecule has 1 aromatic carbocycles. The molecule has 3 amide bonds. The van der Waals surface area contributed by atoms with Crippen molar-refractivity contribution < 1.29 is 19.1 Å². The molecule has 2 heterocycles. The van der Waals surface area contributed by atoms with Crippen LogP contribution in [-0.2, 0) is 14.4 Å². The minimum absolute atomic E-state index is 0.0546. The van der Waals surface area contributed by atoms with Gasteiger partial charge >= 0.3 is 0 Å². The molecule has 2 aliphatic heterocycles. The Bertz CT molecular complexity index is 726. The van der Waals surface area contributed by atoms with E-state index in [1.807, 2.05) is 40.1 Å². The summed E-state index contributed by atoms with van der Waals surface area (Å²) in [5.74, 6) is 0.787. The maximum absolute atomic E-state index is 12.8. The number of nitrogens with zero attached hydrogens (tertiary/aromatic N) is 3. The summed E-state index contributed by atoms with van der Waals surface area (Å²) in [7, 11) is 0. The minimum atomic E-state index is -0.213. The summed E-state index contributed by atoms with van der Waals surface area (Å²) in [6.07, 6.45) is 2.81. The van der Waals surface area contributed by atoms with Gasteiger partial charge in [0.1, 0.15) is 5.75 Å². The first kappa shape index (κ1) is 18.8. The quantitative estimate of drug-likeness (QED) is 0.736. The normalized spacial score (nSPS) is 22.5. The minimum Gasteiger partial charge on any atom is -0.493 e. The van der Waals surface area contributed by atoms with E-state index in [1.165, 1.54) is 0 Å². The Morgan fingerprint density at radius 3 is 2.36 bits per heavy atom. The summed E-state index contributed by atoms with van der Waals surface area (Å²) >= 11 is 0. The summed E-state index contributed by atoms with van der Waals surface area (Å²) in [6, 6.07) is 9.83. The van der Waals surface area contributed by atoms with Gasteiger partial charge in [0.15, 0.2) is 0 Å². The van der Waals surface area contributed by atoms with Crippen molar-refractivity contribution in [3.05, 3.63) is 30.3 Å². The third kappa shape index (κ3) is 4.29. The molecule has 7 nitrogen and oxygen atoms in total. The monoisotopic (exact) mass is 385 g/mol. The summed E-state index contributed by atoms with van der Waals surface area (Å²) in [5, 5.41) is 0. The summed E-state index contributed by atoms with van der Waals surface area (Å²) < 4.78 is 5.59. The van der Waals surface area contributed by atoms with Crippen molar-refractivity contribution in [3.63, 3.8) is 0 Å². The molecule has 1 unspecified atom stereocenters. The molecule has 1 atom stereocenters. The molecule has 150 valence electrons. The van der Waals surface area contributed by atoms with Gasteiger partial charge in [-0.05, 0) is 25.0 Å². The zero-order chi connectivity index (χ0) is 19.5. The van der Waals surface area contributed by atoms with E-state index in [0.717, 1.165) is 18.6 Å². The first-order valence-corrected chi connectivity index (χ1v) is 10.2. The van der Waals surface area contributed by atoms with Gasteiger partial charge in [-0.25, -0.2) is 0 Å². The van der Waals surface area contributed by atoms with Crippen LogP contribution in [0.1, 0.15) is 25.7 Å². The van der Waals surface area contributed by atoms with Gasteiger partial charge in [-0.1, -0.05) is 18.2 Å². The number of piperazine rings is 1. The Morgan fingerprint density at radius 1 is 1.00 bits per heavy atom. The van der Waals surface area contributed by atoms with Gasteiger partial charge in [-0.15, -0.1) is 0 Å². The lowest BCUT2D eigenvalue weighted by atomic mass is 10.1. The third-order valence-corrected chi connectivity index (χ3v) is 5.77. The van der Waals surface area contributed by atoms with Crippen LogP contribution < -0.4 is 4.74 Å². The molecule has 0 bridgehead atoms. The van der Waals surface area contributed by atoms with Crippen molar-refractivity contribution >= 4 is 17.7 Å². The number of benzene rings is 1. The predicted octanol–water partition coefficient (Wildman–Crippen LogP) is 1.14. The molecule has 1 aliphatic carbocycles. The molecule has 0 spiro atoms. The number of ether oxygens (including phenoxy) is 1. The van der Waals surface area contributed by atoms with Gasteiger partial charge in [-0.2, -0.15) is 0 Å². The van der Waals surface area contributed by atoms with E-state index in [-0.39, 0.29) is 23.6 Å². The number of para-hydroxylation sites is 1. The summed E-state index contributed by atoms with van der Waals surface area (Å²) in [6.45, 7) is 3.09. The highest BCUT2D eigenvalue weighted by molar-refractivity contribution is 5.89. The zero-order valence-corrected chi connectivity index (χ0v) is 16.1. The fraction of sp³-hybridized carbons (Fsp3) is 0.571. The Labute approximate surface area is 165 Å². The van der Waals surface area contributed by atoms with Crippen LogP contribution in [-0.4, -0.2) is 77.8 Å². The third-order valence-electron chi connectivity index (χ3n) is 5.77. The van der Waals surface area contributed by atoms with Crippen LogP contribution in [0.3, 0.4) is 0 Å². The molecule has 3 fully saturated rings. The second-order valence-corrected chi connectivity index (χ2v) is 7.80. The Balaban J connectivity index is 1.19. The molecule has 0 radical (unpaired) electrons. The number of rotatable bonds is 6. The van der Waals surface area contributed by atoms with Gasteiger partial charge in [-0.3, -0.25) is 14.4 Å². The summed E-state index contributed by atoms with van der Waals surface area (Å²) in [5.41, 5.74) is 0. The predicted molar refractivity (Wildman–Crippen MR) is 103 cm³/mol. The van der Waals surface area contributed by atoms with Gasteiger partial charge in [0.2, 0.25) is 17.7 Å². The smallest absolute Gasteiger partial charge is 0.228 e. The first-order valence-electron chi connectivity index (χ1n) is 10.2. The Kier molecular flexibility index (Phi) is 5.50. The number of hydrogen-bond donors (Lipinski definition) is 0. The molecule has 0 N–H and O–H groups in total. The van der Waals surface area contributed by atoms with Crippen molar-refractivity contribution in [2.45, 2.75) is 31.7 Å². The second-order valence-electron chi connectivity index (χ2n) is 7.80. The average Bonchev–Trinajstić information content (AvgIpc) is 3.50. The molecule has 28 heavy (non-hydrogen) atoms. The van der Waals surface area contributed by atoms with Crippen LogP contribution in [0.4, 0.5) is 0 Å². The lowest BCUT2D eigenvalue weighted by Gasteiger charge is -2.36. The first-order chi connectivity index (χ1) is 13.6. The van der Waals surface area contributed by atoms with Crippen LogP contribution in [0.5, 0.6) is 5.75 Å². The molecule has 2 saturated heterocycles. The fourth-order valence-corrected chi connectivity index (χ4v) is 4.00. The number of likely N-dealkylation sites (tertiary alicyclic amines) is 1. The maximum atomic E-state index is 12.8. The van der Waals surface area contributed by atoms with E-state index in [9.17, 15) is 14.4 Å².